The molecule has 2 aliphatic rings. The molecule has 0 spiro atoms. The Morgan fingerprint density at radius 3 is 2.71 bits per heavy atom. The van der Waals surface area contributed by atoms with Crippen molar-refractivity contribution in [3.05, 3.63) is 64.1 Å². The fourth-order valence-electron chi connectivity index (χ4n) is 4.96. The van der Waals surface area contributed by atoms with Crippen LogP contribution in [0.1, 0.15) is 40.7 Å². The number of halogens is 3. The molecule has 6 nitrogen and oxygen atoms in total. The Labute approximate surface area is 201 Å². The smallest absolute Gasteiger partial charge is 0.367 e. The number of aromatic nitrogens is 3. The number of pyridine rings is 1. The summed E-state index contributed by atoms with van der Waals surface area (Å²) in [4.78, 5) is 14.9. The summed E-state index contributed by atoms with van der Waals surface area (Å²) in [7, 11) is 0. The third-order valence-corrected chi connectivity index (χ3v) is 6.83. The Hall–Kier alpha value is -3.51. The minimum absolute atomic E-state index is 0.0964. The van der Waals surface area contributed by atoms with Gasteiger partial charge in [-0.1, -0.05) is 12.1 Å². The number of likely N-dealkylation sites (tertiary alicyclic amines) is 1. The second-order valence-electron chi connectivity index (χ2n) is 9.30. The Kier molecular flexibility index (Phi) is 6.15. The molecule has 1 saturated heterocycles. The molecule has 2 aromatic heterocycles. The fourth-order valence-corrected chi connectivity index (χ4v) is 4.96. The molecular weight excluding hydrogens is 453 g/mol. The SMILES string of the molecule is Cc1c(CN2CCC(Nc3ncnc4ncc(CC(F)(F)F)cc34)CC2)ccc2c1C=C(C#N)C2. The molecular formula is C26H25F3N6. The van der Waals surface area contributed by atoms with Gasteiger partial charge in [0.15, 0.2) is 5.65 Å². The summed E-state index contributed by atoms with van der Waals surface area (Å²) in [6.45, 7) is 4.77. The van der Waals surface area contributed by atoms with E-state index >= 15 is 0 Å². The maximum absolute atomic E-state index is 12.8. The van der Waals surface area contributed by atoms with Gasteiger partial charge >= 0.3 is 6.18 Å². The van der Waals surface area contributed by atoms with Crippen molar-refractivity contribution in [2.45, 2.75) is 51.4 Å². The largest absolute Gasteiger partial charge is 0.393 e. The molecule has 0 unspecified atom stereocenters. The van der Waals surface area contributed by atoms with Crippen molar-refractivity contribution in [2.75, 3.05) is 18.4 Å². The van der Waals surface area contributed by atoms with Crippen LogP contribution in [-0.4, -0.2) is 45.2 Å². The molecule has 9 heteroatoms. The molecule has 0 radical (unpaired) electrons. The number of alkyl halides is 3. The Balaban J connectivity index is 1.24. The minimum Gasteiger partial charge on any atom is -0.367 e. The number of benzene rings is 1. The number of fused-ring (bicyclic) bond motifs is 2. The topological polar surface area (TPSA) is 77.7 Å². The van der Waals surface area contributed by atoms with Crippen LogP contribution in [0, 0.1) is 18.3 Å². The van der Waals surface area contributed by atoms with E-state index in [-0.39, 0.29) is 11.6 Å². The maximum Gasteiger partial charge on any atom is 0.393 e. The summed E-state index contributed by atoms with van der Waals surface area (Å²) in [5.41, 5.74) is 6.20. The molecule has 1 fully saturated rings. The van der Waals surface area contributed by atoms with Gasteiger partial charge < -0.3 is 5.32 Å². The number of allylic oxidation sites excluding steroid dienone is 1. The van der Waals surface area contributed by atoms with E-state index < -0.39 is 12.6 Å². The number of rotatable bonds is 5. The zero-order chi connectivity index (χ0) is 24.6. The highest BCUT2D eigenvalue weighted by atomic mass is 19.4. The first-order valence-corrected chi connectivity index (χ1v) is 11.7. The maximum atomic E-state index is 12.8. The van der Waals surface area contributed by atoms with Crippen LogP contribution in [0.5, 0.6) is 0 Å². The van der Waals surface area contributed by atoms with Crippen LogP contribution in [0.2, 0.25) is 0 Å². The molecule has 3 aromatic rings. The molecule has 0 amide bonds. The summed E-state index contributed by atoms with van der Waals surface area (Å²) in [6.07, 6.45) is 1.80. The van der Waals surface area contributed by atoms with Gasteiger partial charge in [-0.05, 0) is 59.7 Å². The second-order valence-corrected chi connectivity index (χ2v) is 9.30. The summed E-state index contributed by atoms with van der Waals surface area (Å²) in [5.74, 6) is 0.527. The third-order valence-electron chi connectivity index (χ3n) is 6.83. The molecule has 1 N–H and O–H groups in total. The van der Waals surface area contributed by atoms with E-state index in [0.29, 0.717) is 16.9 Å². The van der Waals surface area contributed by atoms with Crippen molar-refractivity contribution in [1.82, 2.24) is 19.9 Å². The normalized spacial score (nSPS) is 16.7. The lowest BCUT2D eigenvalue weighted by atomic mass is 9.97. The molecule has 1 aliphatic carbocycles. The fraction of sp³-hybridized carbons (Fsp3) is 0.385. The Morgan fingerprint density at radius 2 is 1.97 bits per heavy atom. The first kappa shape index (κ1) is 23.2. The van der Waals surface area contributed by atoms with E-state index in [2.05, 4.69) is 50.3 Å². The summed E-state index contributed by atoms with van der Waals surface area (Å²) >= 11 is 0. The molecule has 5 rings (SSSR count). The van der Waals surface area contributed by atoms with E-state index in [1.807, 2.05) is 6.08 Å². The highest BCUT2D eigenvalue weighted by molar-refractivity contribution is 5.86. The van der Waals surface area contributed by atoms with Gasteiger partial charge in [-0.15, -0.1) is 0 Å². The minimum atomic E-state index is -4.29. The van der Waals surface area contributed by atoms with E-state index in [1.165, 1.54) is 40.8 Å². The average molecular weight is 479 g/mol. The molecule has 180 valence electrons. The van der Waals surface area contributed by atoms with E-state index in [1.54, 1.807) is 0 Å². The number of nitriles is 1. The molecule has 0 bridgehead atoms. The van der Waals surface area contributed by atoms with Crippen LogP contribution in [0.3, 0.4) is 0 Å². The van der Waals surface area contributed by atoms with Gasteiger partial charge in [0.1, 0.15) is 12.1 Å². The molecule has 1 aliphatic heterocycles. The monoisotopic (exact) mass is 478 g/mol. The van der Waals surface area contributed by atoms with Crippen molar-refractivity contribution >= 4 is 22.9 Å². The van der Waals surface area contributed by atoms with Crippen LogP contribution in [0.4, 0.5) is 19.0 Å². The average Bonchev–Trinajstić information content (AvgIpc) is 3.26. The van der Waals surface area contributed by atoms with E-state index in [9.17, 15) is 18.4 Å². The van der Waals surface area contributed by atoms with Gasteiger partial charge in [0, 0.05) is 43.9 Å². The Bertz CT molecular complexity index is 1330. The number of nitrogens with one attached hydrogen (secondary N) is 1. The predicted molar refractivity (Wildman–Crippen MR) is 127 cm³/mol. The summed E-state index contributed by atoms with van der Waals surface area (Å²) in [5, 5.41) is 13.1. The van der Waals surface area contributed by atoms with Gasteiger partial charge in [-0.25, -0.2) is 15.0 Å². The first-order valence-electron chi connectivity index (χ1n) is 11.7. The van der Waals surface area contributed by atoms with Crippen molar-refractivity contribution in [1.29, 1.82) is 5.26 Å². The van der Waals surface area contributed by atoms with Crippen molar-refractivity contribution < 1.29 is 13.2 Å². The number of anilines is 1. The van der Waals surface area contributed by atoms with Gasteiger partial charge in [-0.3, -0.25) is 4.90 Å². The van der Waals surface area contributed by atoms with E-state index in [4.69, 9.17) is 0 Å². The van der Waals surface area contributed by atoms with Crippen LogP contribution < -0.4 is 5.32 Å². The molecule has 0 atom stereocenters. The number of nitrogens with zero attached hydrogens (tertiary/aromatic N) is 5. The van der Waals surface area contributed by atoms with Gasteiger partial charge in [-0.2, -0.15) is 18.4 Å². The predicted octanol–water partition coefficient (Wildman–Crippen LogP) is 4.98. The van der Waals surface area contributed by atoms with Crippen LogP contribution >= 0.6 is 0 Å². The first-order chi connectivity index (χ1) is 16.8. The lowest BCUT2D eigenvalue weighted by Gasteiger charge is -2.33. The van der Waals surface area contributed by atoms with Gasteiger partial charge in [0.05, 0.1) is 17.9 Å². The lowest BCUT2D eigenvalue weighted by molar-refractivity contribution is -0.127. The summed E-state index contributed by atoms with van der Waals surface area (Å²) in [6, 6.07) is 8.22. The molecule has 0 saturated carbocycles. The number of piperidine rings is 1. The molecule has 35 heavy (non-hydrogen) atoms. The van der Waals surface area contributed by atoms with E-state index in [0.717, 1.165) is 44.5 Å². The van der Waals surface area contributed by atoms with Crippen LogP contribution in [0.25, 0.3) is 17.1 Å². The zero-order valence-corrected chi connectivity index (χ0v) is 19.4. The summed E-state index contributed by atoms with van der Waals surface area (Å²) < 4.78 is 38.5. The number of hydrogen-bond donors (Lipinski definition) is 1. The zero-order valence-electron chi connectivity index (χ0n) is 19.4. The number of hydrogen-bond acceptors (Lipinski definition) is 6. The quantitative estimate of drug-likeness (QED) is 0.558. The standard InChI is InChI=1S/C26H25F3N6/c1-16-20(3-2-19-8-17(12-30)9-22(16)19)14-35-6-4-21(5-7-35)34-25-23-10-18(11-26(27,28)29)13-31-24(23)32-15-33-25/h2-3,9-10,13,15,21H,4-8,11,14H2,1H3,(H,31,32,33,34). The highest BCUT2D eigenvalue weighted by Gasteiger charge is 2.28. The van der Waals surface area contributed by atoms with Gasteiger partial charge in [0.2, 0.25) is 0 Å². The van der Waals surface area contributed by atoms with Crippen molar-refractivity contribution in [2.24, 2.45) is 0 Å². The van der Waals surface area contributed by atoms with Crippen LogP contribution in [0.15, 0.2) is 36.3 Å². The Morgan fingerprint density at radius 1 is 1.17 bits per heavy atom. The van der Waals surface area contributed by atoms with Crippen molar-refractivity contribution in [3.8, 4) is 6.07 Å². The molecule has 1 aromatic carbocycles. The molecule has 3 heterocycles. The lowest BCUT2D eigenvalue weighted by Crippen LogP contribution is -2.39. The highest BCUT2D eigenvalue weighted by Crippen LogP contribution is 2.31. The van der Waals surface area contributed by atoms with Gasteiger partial charge in [0.25, 0.3) is 0 Å². The van der Waals surface area contributed by atoms with Crippen LogP contribution in [-0.2, 0) is 19.4 Å². The van der Waals surface area contributed by atoms with Crippen molar-refractivity contribution in [3.63, 3.8) is 0 Å². The third kappa shape index (κ3) is 5.13. The second kappa shape index (κ2) is 9.27.